The van der Waals surface area contributed by atoms with E-state index in [2.05, 4.69) is 12.2 Å². The first-order chi connectivity index (χ1) is 13.1. The second kappa shape index (κ2) is 8.71. The van der Waals surface area contributed by atoms with E-state index in [0.29, 0.717) is 19.5 Å². The van der Waals surface area contributed by atoms with E-state index in [0.717, 1.165) is 29.8 Å². The van der Waals surface area contributed by atoms with Crippen molar-refractivity contribution in [2.75, 3.05) is 22.9 Å². The molecule has 0 aromatic heterocycles. The zero-order valence-corrected chi connectivity index (χ0v) is 16.0. The van der Waals surface area contributed by atoms with E-state index in [1.165, 1.54) is 0 Å². The average molecular weight is 365 g/mol. The fraction of sp³-hybridized carbons (Fsp3) is 0.364. The maximum absolute atomic E-state index is 12.9. The number of urea groups is 1. The standard InChI is InChI=1S/C22H27N3O2/c1-3-4-14-24(19-8-6-5-7-9-19)22(27)23-18-15-21(26)25(16-18)20-12-10-17(2)11-13-20/h5-13,18H,3-4,14-16H2,1-2H3,(H,23,27). The molecule has 27 heavy (non-hydrogen) atoms. The van der Waals surface area contributed by atoms with Crippen LogP contribution in [0.5, 0.6) is 0 Å². The summed E-state index contributed by atoms with van der Waals surface area (Å²) in [7, 11) is 0. The molecule has 0 bridgehead atoms. The molecule has 0 saturated carbocycles. The number of unbranched alkanes of at least 4 members (excludes halogenated alkanes) is 1. The predicted octanol–water partition coefficient (Wildman–Crippen LogP) is 4.12. The lowest BCUT2D eigenvalue weighted by Gasteiger charge is -2.25. The van der Waals surface area contributed by atoms with E-state index in [-0.39, 0.29) is 18.0 Å². The predicted molar refractivity (Wildman–Crippen MR) is 109 cm³/mol. The molecule has 1 N–H and O–H groups in total. The van der Waals surface area contributed by atoms with Gasteiger partial charge < -0.3 is 10.2 Å². The van der Waals surface area contributed by atoms with Gasteiger partial charge in [-0.2, -0.15) is 0 Å². The van der Waals surface area contributed by atoms with Gasteiger partial charge in [0.1, 0.15) is 0 Å². The van der Waals surface area contributed by atoms with E-state index in [1.54, 1.807) is 9.80 Å². The van der Waals surface area contributed by atoms with Crippen LogP contribution in [-0.4, -0.2) is 31.1 Å². The molecule has 3 amide bonds. The van der Waals surface area contributed by atoms with Gasteiger partial charge in [-0.3, -0.25) is 9.69 Å². The first kappa shape index (κ1) is 19.0. The Balaban J connectivity index is 1.67. The van der Waals surface area contributed by atoms with Gasteiger partial charge in [0.25, 0.3) is 0 Å². The zero-order valence-electron chi connectivity index (χ0n) is 16.0. The molecule has 2 aromatic rings. The number of carbonyl (C=O) groups excluding carboxylic acids is 2. The number of carbonyl (C=O) groups is 2. The summed E-state index contributed by atoms with van der Waals surface area (Å²) in [5, 5.41) is 3.05. The van der Waals surface area contributed by atoms with Crippen molar-refractivity contribution in [3.05, 3.63) is 60.2 Å². The van der Waals surface area contributed by atoms with Crippen LogP contribution in [0.1, 0.15) is 31.7 Å². The Morgan fingerprint density at radius 1 is 1.15 bits per heavy atom. The second-order valence-corrected chi connectivity index (χ2v) is 7.03. The number of hydrogen-bond donors (Lipinski definition) is 1. The Morgan fingerprint density at radius 3 is 2.52 bits per heavy atom. The Kier molecular flexibility index (Phi) is 6.12. The first-order valence-electron chi connectivity index (χ1n) is 9.58. The van der Waals surface area contributed by atoms with E-state index < -0.39 is 0 Å². The molecule has 0 radical (unpaired) electrons. The molecule has 1 aliphatic heterocycles. The maximum atomic E-state index is 12.9. The number of anilines is 2. The number of nitrogens with zero attached hydrogens (tertiary/aromatic N) is 2. The number of amides is 3. The summed E-state index contributed by atoms with van der Waals surface area (Å²) in [5.41, 5.74) is 2.92. The number of aryl methyl sites for hydroxylation is 1. The van der Waals surface area contributed by atoms with Crippen LogP contribution in [0.15, 0.2) is 54.6 Å². The number of nitrogens with one attached hydrogen (secondary N) is 1. The molecule has 1 unspecified atom stereocenters. The third-order valence-corrected chi connectivity index (χ3v) is 4.85. The minimum absolute atomic E-state index is 0.0453. The lowest BCUT2D eigenvalue weighted by molar-refractivity contribution is -0.117. The average Bonchev–Trinajstić information content (AvgIpc) is 3.03. The molecule has 142 valence electrons. The van der Waals surface area contributed by atoms with Gasteiger partial charge in [-0.15, -0.1) is 0 Å². The van der Waals surface area contributed by atoms with Crippen molar-refractivity contribution in [2.24, 2.45) is 0 Å². The van der Waals surface area contributed by atoms with E-state index in [1.807, 2.05) is 61.5 Å². The second-order valence-electron chi connectivity index (χ2n) is 7.03. The van der Waals surface area contributed by atoms with Gasteiger partial charge in [0.2, 0.25) is 5.91 Å². The van der Waals surface area contributed by atoms with Gasteiger partial charge in [-0.25, -0.2) is 4.79 Å². The molecule has 2 aromatic carbocycles. The van der Waals surface area contributed by atoms with Crippen LogP contribution >= 0.6 is 0 Å². The molecule has 1 heterocycles. The highest BCUT2D eigenvalue weighted by Crippen LogP contribution is 2.22. The third-order valence-electron chi connectivity index (χ3n) is 4.85. The lowest BCUT2D eigenvalue weighted by atomic mass is 10.2. The summed E-state index contributed by atoms with van der Waals surface area (Å²) < 4.78 is 0. The summed E-state index contributed by atoms with van der Waals surface area (Å²) in [5.74, 6) is 0.0453. The van der Waals surface area contributed by atoms with Crippen molar-refractivity contribution in [1.82, 2.24) is 5.32 Å². The highest BCUT2D eigenvalue weighted by Gasteiger charge is 2.32. The number of hydrogen-bond acceptors (Lipinski definition) is 2. The Labute approximate surface area is 161 Å². The van der Waals surface area contributed by atoms with E-state index in [9.17, 15) is 9.59 Å². The van der Waals surface area contributed by atoms with E-state index >= 15 is 0 Å². The zero-order chi connectivity index (χ0) is 19.2. The van der Waals surface area contributed by atoms with Crippen LogP contribution in [0.3, 0.4) is 0 Å². The molecule has 5 heteroatoms. The van der Waals surface area contributed by atoms with Crippen molar-refractivity contribution >= 4 is 23.3 Å². The fourth-order valence-electron chi connectivity index (χ4n) is 3.30. The van der Waals surface area contributed by atoms with Crippen LogP contribution < -0.4 is 15.1 Å². The summed E-state index contributed by atoms with van der Waals surface area (Å²) in [6, 6.07) is 17.3. The monoisotopic (exact) mass is 365 g/mol. The van der Waals surface area contributed by atoms with Crippen LogP contribution in [0.2, 0.25) is 0 Å². The van der Waals surface area contributed by atoms with Crippen LogP contribution in [0.25, 0.3) is 0 Å². The third kappa shape index (κ3) is 4.67. The van der Waals surface area contributed by atoms with Gasteiger partial charge in [0, 0.05) is 30.9 Å². The lowest BCUT2D eigenvalue weighted by Crippen LogP contribution is -2.46. The van der Waals surface area contributed by atoms with E-state index in [4.69, 9.17) is 0 Å². The summed E-state index contributed by atoms with van der Waals surface area (Å²) in [4.78, 5) is 28.8. The number of rotatable bonds is 6. The molecule has 1 atom stereocenters. The van der Waals surface area contributed by atoms with Crippen LogP contribution in [0, 0.1) is 6.92 Å². The van der Waals surface area contributed by atoms with Crippen LogP contribution in [0.4, 0.5) is 16.2 Å². The normalized spacial score (nSPS) is 16.4. The smallest absolute Gasteiger partial charge is 0.322 e. The molecular weight excluding hydrogens is 338 g/mol. The van der Waals surface area contributed by atoms with Gasteiger partial charge in [-0.1, -0.05) is 49.2 Å². The molecule has 3 rings (SSSR count). The molecule has 1 aliphatic rings. The highest BCUT2D eigenvalue weighted by molar-refractivity contribution is 5.98. The molecular formula is C22H27N3O2. The topological polar surface area (TPSA) is 52.7 Å². The first-order valence-corrected chi connectivity index (χ1v) is 9.58. The number of para-hydroxylation sites is 1. The largest absolute Gasteiger partial charge is 0.333 e. The van der Waals surface area contributed by atoms with Gasteiger partial charge >= 0.3 is 6.03 Å². The van der Waals surface area contributed by atoms with Crippen LogP contribution in [-0.2, 0) is 4.79 Å². The fourth-order valence-corrected chi connectivity index (χ4v) is 3.30. The Bertz CT molecular complexity index is 774. The summed E-state index contributed by atoms with van der Waals surface area (Å²) in [6.07, 6.45) is 2.27. The number of benzene rings is 2. The van der Waals surface area contributed by atoms with Gasteiger partial charge in [-0.05, 0) is 37.6 Å². The highest BCUT2D eigenvalue weighted by atomic mass is 16.2. The molecule has 5 nitrogen and oxygen atoms in total. The minimum Gasteiger partial charge on any atom is -0.333 e. The van der Waals surface area contributed by atoms with Crippen molar-refractivity contribution in [3.63, 3.8) is 0 Å². The quantitative estimate of drug-likeness (QED) is 0.837. The molecule has 1 saturated heterocycles. The maximum Gasteiger partial charge on any atom is 0.322 e. The van der Waals surface area contributed by atoms with Gasteiger partial charge in [0.05, 0.1) is 6.04 Å². The van der Waals surface area contributed by atoms with Crippen molar-refractivity contribution < 1.29 is 9.59 Å². The minimum atomic E-state index is -0.181. The Morgan fingerprint density at radius 2 is 1.85 bits per heavy atom. The van der Waals surface area contributed by atoms with Gasteiger partial charge in [0.15, 0.2) is 0 Å². The Hall–Kier alpha value is -2.82. The molecule has 1 fully saturated rings. The van der Waals surface area contributed by atoms with Crippen molar-refractivity contribution in [3.8, 4) is 0 Å². The SMILES string of the molecule is CCCCN(C(=O)NC1CC(=O)N(c2ccc(C)cc2)C1)c1ccccc1. The summed E-state index contributed by atoms with van der Waals surface area (Å²) in [6.45, 7) is 5.29. The van der Waals surface area contributed by atoms with Crippen molar-refractivity contribution in [1.29, 1.82) is 0 Å². The van der Waals surface area contributed by atoms with Crippen molar-refractivity contribution in [2.45, 2.75) is 39.2 Å². The molecule has 0 spiro atoms. The summed E-state index contributed by atoms with van der Waals surface area (Å²) >= 11 is 0. The molecule has 0 aliphatic carbocycles.